The molecule has 0 fully saturated rings. The van der Waals surface area contributed by atoms with Crippen LogP contribution in [-0.4, -0.2) is 19.4 Å². The third-order valence-electron chi connectivity index (χ3n) is 3.17. The van der Waals surface area contributed by atoms with Crippen molar-refractivity contribution in [2.24, 2.45) is 0 Å². The second-order valence-electron chi connectivity index (χ2n) is 4.95. The molecular weight excluding hydrogens is 361 g/mol. The first kappa shape index (κ1) is 18.9. The summed E-state index contributed by atoms with van der Waals surface area (Å²) in [6.45, 7) is -0.218. The van der Waals surface area contributed by atoms with Crippen LogP contribution in [0.1, 0.15) is 11.1 Å². The Morgan fingerprint density at radius 3 is 2.48 bits per heavy atom. The number of para-hydroxylation sites is 1. The predicted molar refractivity (Wildman–Crippen MR) is 84.6 cm³/mol. The zero-order valence-electron chi connectivity index (χ0n) is 13.1. The topological polar surface area (TPSA) is 44.8 Å². The van der Waals surface area contributed by atoms with Crippen molar-refractivity contribution in [2.45, 2.75) is 19.4 Å². The molecule has 0 spiro atoms. The molecule has 8 heteroatoms. The Balaban J connectivity index is 2.19. The number of carbonyl (C=O) groups excluding carboxylic acids is 1. The lowest BCUT2D eigenvalue weighted by Crippen LogP contribution is -2.18. The Kier molecular flexibility index (Phi) is 6.14. The average molecular weight is 375 g/mol. The molecule has 0 heterocycles. The van der Waals surface area contributed by atoms with Crippen molar-refractivity contribution in [3.63, 3.8) is 0 Å². The smallest absolute Gasteiger partial charge is 0.488 e. The molecule has 25 heavy (non-hydrogen) atoms. The summed E-state index contributed by atoms with van der Waals surface area (Å²) in [6, 6.07) is 10.4. The summed E-state index contributed by atoms with van der Waals surface area (Å²) in [7, 11) is 1.26. The van der Waals surface area contributed by atoms with Gasteiger partial charge in [-0.2, -0.15) is 0 Å². The lowest BCUT2D eigenvalue weighted by atomic mass is 10.1. The number of carbonyl (C=O) groups is 1. The Morgan fingerprint density at radius 2 is 1.80 bits per heavy atom. The number of rotatable bonds is 6. The minimum absolute atomic E-state index is 0.0197. The largest absolute Gasteiger partial charge is 0.573 e. The SMILES string of the molecule is COC(=O)Cc1ccccc1OCc1cc(Cl)ccc1OC(F)(F)F. The highest BCUT2D eigenvalue weighted by molar-refractivity contribution is 6.30. The number of benzene rings is 2. The van der Waals surface area contributed by atoms with E-state index in [9.17, 15) is 18.0 Å². The molecule has 0 bridgehead atoms. The fourth-order valence-corrected chi connectivity index (χ4v) is 2.25. The van der Waals surface area contributed by atoms with Gasteiger partial charge >= 0.3 is 12.3 Å². The zero-order valence-corrected chi connectivity index (χ0v) is 13.9. The third-order valence-corrected chi connectivity index (χ3v) is 3.40. The number of hydrogen-bond acceptors (Lipinski definition) is 4. The zero-order chi connectivity index (χ0) is 18.4. The molecule has 0 aliphatic carbocycles. The van der Waals surface area contributed by atoms with Gasteiger partial charge in [-0.3, -0.25) is 4.79 Å². The van der Waals surface area contributed by atoms with Crippen LogP contribution < -0.4 is 9.47 Å². The molecule has 0 aliphatic rings. The van der Waals surface area contributed by atoms with Crippen LogP contribution in [0.3, 0.4) is 0 Å². The molecule has 0 aromatic heterocycles. The van der Waals surface area contributed by atoms with E-state index in [2.05, 4.69) is 9.47 Å². The van der Waals surface area contributed by atoms with Crippen molar-refractivity contribution in [3.05, 3.63) is 58.6 Å². The van der Waals surface area contributed by atoms with Crippen molar-refractivity contribution < 1.29 is 32.2 Å². The van der Waals surface area contributed by atoms with E-state index >= 15 is 0 Å². The Labute approximate surface area is 147 Å². The van der Waals surface area contributed by atoms with E-state index in [-0.39, 0.29) is 23.6 Å². The summed E-state index contributed by atoms with van der Waals surface area (Å²) >= 11 is 5.84. The van der Waals surface area contributed by atoms with Crippen LogP contribution in [0.2, 0.25) is 5.02 Å². The number of hydrogen-bond donors (Lipinski definition) is 0. The van der Waals surface area contributed by atoms with Crippen LogP contribution in [0.5, 0.6) is 11.5 Å². The van der Waals surface area contributed by atoms with Crippen LogP contribution in [0.15, 0.2) is 42.5 Å². The van der Waals surface area contributed by atoms with Gasteiger partial charge < -0.3 is 14.2 Å². The Morgan fingerprint density at radius 1 is 1.08 bits per heavy atom. The van der Waals surface area contributed by atoms with Crippen LogP contribution >= 0.6 is 11.6 Å². The second kappa shape index (κ2) is 8.11. The summed E-state index contributed by atoms with van der Waals surface area (Å²) in [5.74, 6) is -0.506. The molecule has 0 N–H and O–H groups in total. The lowest BCUT2D eigenvalue weighted by Gasteiger charge is -2.15. The van der Waals surface area contributed by atoms with Crippen LogP contribution in [0.4, 0.5) is 13.2 Å². The molecular formula is C17H14ClF3O4. The van der Waals surface area contributed by atoms with E-state index in [0.717, 1.165) is 6.07 Å². The maximum atomic E-state index is 12.5. The molecule has 0 atom stereocenters. The van der Waals surface area contributed by atoms with Gasteiger partial charge in [0.15, 0.2) is 0 Å². The molecule has 0 amide bonds. The van der Waals surface area contributed by atoms with Gasteiger partial charge in [-0.1, -0.05) is 29.8 Å². The minimum Gasteiger partial charge on any atom is -0.488 e. The van der Waals surface area contributed by atoms with Crippen molar-refractivity contribution in [1.82, 2.24) is 0 Å². The summed E-state index contributed by atoms with van der Waals surface area (Å²) in [6.07, 6.45) is -4.85. The summed E-state index contributed by atoms with van der Waals surface area (Å²) in [5, 5.41) is 0.246. The highest BCUT2D eigenvalue weighted by Gasteiger charge is 2.32. The standard InChI is InChI=1S/C17H14ClF3O4/c1-23-16(22)9-11-4-2-3-5-14(11)24-10-12-8-13(18)6-7-15(12)25-17(19,20)21/h2-8H,9-10H2,1H3. The number of methoxy groups -OCH3 is 1. The molecule has 0 aliphatic heterocycles. The average Bonchev–Trinajstić information content (AvgIpc) is 2.55. The van der Waals surface area contributed by atoms with Gasteiger partial charge in [0.2, 0.25) is 0 Å². The lowest BCUT2D eigenvalue weighted by molar-refractivity contribution is -0.275. The fraction of sp³-hybridized carbons (Fsp3) is 0.235. The van der Waals surface area contributed by atoms with E-state index < -0.39 is 18.1 Å². The molecule has 2 rings (SSSR count). The molecule has 134 valence electrons. The van der Waals surface area contributed by atoms with Crippen molar-refractivity contribution >= 4 is 17.6 Å². The Hall–Kier alpha value is -2.41. The first-order valence-electron chi connectivity index (χ1n) is 7.10. The highest BCUT2D eigenvalue weighted by atomic mass is 35.5. The fourth-order valence-electron chi connectivity index (χ4n) is 2.06. The number of halogens is 4. The maximum absolute atomic E-state index is 12.5. The van der Waals surface area contributed by atoms with Crippen molar-refractivity contribution in [2.75, 3.05) is 7.11 Å². The molecule has 4 nitrogen and oxygen atoms in total. The Bertz CT molecular complexity index is 747. The van der Waals surface area contributed by atoms with E-state index in [1.165, 1.54) is 19.2 Å². The van der Waals surface area contributed by atoms with Gasteiger partial charge in [0.1, 0.15) is 18.1 Å². The normalized spacial score (nSPS) is 11.1. The van der Waals surface area contributed by atoms with Crippen LogP contribution in [0, 0.1) is 0 Å². The van der Waals surface area contributed by atoms with Crippen molar-refractivity contribution in [3.8, 4) is 11.5 Å². The molecule has 0 radical (unpaired) electrons. The van der Waals surface area contributed by atoms with E-state index in [1.807, 2.05) is 0 Å². The molecule has 0 saturated carbocycles. The highest BCUT2D eigenvalue weighted by Crippen LogP contribution is 2.30. The molecule has 2 aromatic carbocycles. The number of ether oxygens (including phenoxy) is 3. The summed E-state index contributed by atoms with van der Waals surface area (Å²) < 4.78 is 51.6. The monoisotopic (exact) mass is 374 g/mol. The minimum atomic E-state index is -4.83. The van der Waals surface area contributed by atoms with Gasteiger partial charge in [0.05, 0.1) is 13.5 Å². The van der Waals surface area contributed by atoms with Gasteiger partial charge in [-0.15, -0.1) is 13.2 Å². The second-order valence-corrected chi connectivity index (χ2v) is 5.39. The number of esters is 1. The van der Waals surface area contributed by atoms with Crippen molar-refractivity contribution in [1.29, 1.82) is 0 Å². The van der Waals surface area contributed by atoms with Gasteiger partial charge in [0.25, 0.3) is 0 Å². The molecule has 2 aromatic rings. The third kappa shape index (κ3) is 5.86. The van der Waals surface area contributed by atoms with Crippen LogP contribution in [-0.2, 0) is 22.6 Å². The van der Waals surface area contributed by atoms with E-state index in [0.29, 0.717) is 11.3 Å². The first-order chi connectivity index (χ1) is 11.8. The van der Waals surface area contributed by atoms with Gasteiger partial charge in [0, 0.05) is 16.1 Å². The predicted octanol–water partition coefficient (Wildman–Crippen LogP) is 4.53. The number of alkyl halides is 3. The van der Waals surface area contributed by atoms with Crippen LogP contribution in [0.25, 0.3) is 0 Å². The maximum Gasteiger partial charge on any atom is 0.573 e. The first-order valence-corrected chi connectivity index (χ1v) is 7.48. The molecule has 0 saturated heterocycles. The summed E-state index contributed by atoms with van der Waals surface area (Å²) in [5.41, 5.74) is 0.673. The van der Waals surface area contributed by atoms with Gasteiger partial charge in [-0.05, 0) is 24.3 Å². The van der Waals surface area contributed by atoms with E-state index in [1.54, 1.807) is 24.3 Å². The van der Waals surface area contributed by atoms with E-state index in [4.69, 9.17) is 16.3 Å². The quantitative estimate of drug-likeness (QED) is 0.697. The van der Waals surface area contributed by atoms with Gasteiger partial charge in [-0.25, -0.2) is 0 Å². The summed E-state index contributed by atoms with van der Waals surface area (Å²) in [4.78, 5) is 11.4. The molecule has 0 unspecified atom stereocenters.